The van der Waals surface area contributed by atoms with E-state index >= 15 is 0 Å². The van der Waals surface area contributed by atoms with E-state index in [9.17, 15) is 23.1 Å². The third-order valence-corrected chi connectivity index (χ3v) is 4.90. The van der Waals surface area contributed by atoms with Gasteiger partial charge in [0.05, 0.1) is 22.3 Å². The summed E-state index contributed by atoms with van der Waals surface area (Å²) in [5.41, 5.74) is 3.32. The first-order chi connectivity index (χ1) is 14.2. The van der Waals surface area contributed by atoms with Crippen molar-refractivity contribution < 1.29 is 23.1 Å². The number of carbonyl (C=O) groups is 1. The number of carboxylic acid groups (broad SMARTS) is 1. The SMILES string of the molecule is Cc1cccc(-c2ccc(-c3cc(C(=O)O)c4cc(C(F)(F)F)ccc4n3)cc2)c1. The van der Waals surface area contributed by atoms with Crippen molar-refractivity contribution in [2.45, 2.75) is 13.1 Å². The third-order valence-electron chi connectivity index (χ3n) is 4.90. The summed E-state index contributed by atoms with van der Waals surface area (Å²) in [6, 6.07) is 19.7. The second kappa shape index (κ2) is 7.30. The van der Waals surface area contributed by atoms with Crippen molar-refractivity contribution in [2.75, 3.05) is 0 Å². The van der Waals surface area contributed by atoms with Gasteiger partial charge in [-0.2, -0.15) is 13.2 Å². The van der Waals surface area contributed by atoms with Crippen LogP contribution in [-0.4, -0.2) is 16.1 Å². The lowest BCUT2D eigenvalue weighted by atomic mass is 9.99. The molecule has 0 amide bonds. The molecule has 0 aliphatic heterocycles. The van der Waals surface area contributed by atoms with E-state index in [1.54, 1.807) is 0 Å². The number of hydrogen-bond acceptors (Lipinski definition) is 2. The molecule has 0 radical (unpaired) electrons. The number of nitrogens with zero attached hydrogens (tertiary/aromatic N) is 1. The highest BCUT2D eigenvalue weighted by Gasteiger charge is 2.31. The van der Waals surface area contributed by atoms with Crippen molar-refractivity contribution in [1.29, 1.82) is 0 Å². The Bertz CT molecular complexity index is 1260. The lowest BCUT2D eigenvalue weighted by Gasteiger charge is -2.11. The Balaban J connectivity index is 1.80. The predicted octanol–water partition coefficient (Wildman–Crippen LogP) is 6.59. The molecular formula is C24H16F3NO2. The fraction of sp³-hybridized carbons (Fsp3) is 0.0833. The van der Waals surface area contributed by atoms with Crippen LogP contribution in [0.2, 0.25) is 0 Å². The number of aromatic nitrogens is 1. The fourth-order valence-electron chi connectivity index (χ4n) is 3.38. The van der Waals surface area contributed by atoms with Gasteiger partial charge in [-0.15, -0.1) is 0 Å². The first kappa shape index (κ1) is 19.6. The molecule has 0 aliphatic carbocycles. The Hall–Kier alpha value is -3.67. The van der Waals surface area contributed by atoms with Crippen molar-refractivity contribution in [3.63, 3.8) is 0 Å². The van der Waals surface area contributed by atoms with Crippen LogP contribution in [0.3, 0.4) is 0 Å². The molecule has 0 saturated carbocycles. The number of carboxylic acids is 1. The number of alkyl halides is 3. The topological polar surface area (TPSA) is 50.2 Å². The van der Waals surface area contributed by atoms with E-state index in [4.69, 9.17) is 0 Å². The summed E-state index contributed by atoms with van der Waals surface area (Å²) < 4.78 is 39.1. The zero-order chi connectivity index (χ0) is 21.5. The van der Waals surface area contributed by atoms with E-state index < -0.39 is 17.7 Å². The Labute approximate surface area is 170 Å². The number of pyridine rings is 1. The number of halogens is 3. The summed E-state index contributed by atoms with van der Waals surface area (Å²) in [5.74, 6) is -1.31. The normalized spacial score (nSPS) is 11.6. The molecule has 0 fully saturated rings. The summed E-state index contributed by atoms with van der Waals surface area (Å²) in [6.07, 6.45) is -4.56. The Kier molecular flexibility index (Phi) is 4.78. The van der Waals surface area contributed by atoms with E-state index in [0.717, 1.165) is 28.8 Å². The van der Waals surface area contributed by atoms with Gasteiger partial charge < -0.3 is 5.11 Å². The Morgan fingerprint density at radius 3 is 2.20 bits per heavy atom. The smallest absolute Gasteiger partial charge is 0.416 e. The van der Waals surface area contributed by atoms with Crippen LogP contribution in [0.5, 0.6) is 0 Å². The number of aromatic carboxylic acids is 1. The van der Waals surface area contributed by atoms with E-state index in [-0.39, 0.29) is 16.5 Å². The maximum atomic E-state index is 13.0. The van der Waals surface area contributed by atoms with Crippen molar-refractivity contribution >= 4 is 16.9 Å². The first-order valence-corrected chi connectivity index (χ1v) is 9.15. The molecular weight excluding hydrogens is 391 g/mol. The molecule has 0 saturated heterocycles. The highest BCUT2D eigenvalue weighted by atomic mass is 19.4. The number of fused-ring (bicyclic) bond motifs is 1. The average Bonchev–Trinajstić information content (AvgIpc) is 2.72. The molecule has 30 heavy (non-hydrogen) atoms. The van der Waals surface area contributed by atoms with Gasteiger partial charge in [0.25, 0.3) is 0 Å². The number of benzene rings is 3. The second-order valence-corrected chi connectivity index (χ2v) is 7.04. The molecule has 1 aromatic heterocycles. The van der Waals surface area contributed by atoms with Gasteiger partial charge in [0.2, 0.25) is 0 Å². The van der Waals surface area contributed by atoms with Crippen LogP contribution < -0.4 is 0 Å². The Morgan fingerprint density at radius 2 is 1.57 bits per heavy atom. The zero-order valence-corrected chi connectivity index (χ0v) is 15.9. The van der Waals surface area contributed by atoms with Gasteiger partial charge in [-0.25, -0.2) is 9.78 Å². The lowest BCUT2D eigenvalue weighted by molar-refractivity contribution is -0.137. The van der Waals surface area contributed by atoms with Gasteiger partial charge in [0.15, 0.2) is 0 Å². The molecule has 3 aromatic carbocycles. The monoisotopic (exact) mass is 407 g/mol. The molecule has 0 bridgehead atoms. The van der Waals surface area contributed by atoms with Crippen molar-refractivity contribution in [3.05, 3.63) is 89.5 Å². The van der Waals surface area contributed by atoms with Gasteiger partial charge >= 0.3 is 12.1 Å². The van der Waals surface area contributed by atoms with Crippen molar-refractivity contribution in [2.24, 2.45) is 0 Å². The van der Waals surface area contributed by atoms with E-state index in [2.05, 4.69) is 11.1 Å². The number of rotatable bonds is 3. The van der Waals surface area contributed by atoms with Gasteiger partial charge in [0.1, 0.15) is 0 Å². The van der Waals surface area contributed by atoms with Crippen LogP contribution in [0.25, 0.3) is 33.3 Å². The molecule has 0 unspecified atom stereocenters. The largest absolute Gasteiger partial charge is 0.478 e. The summed E-state index contributed by atoms with van der Waals surface area (Å²) in [7, 11) is 0. The second-order valence-electron chi connectivity index (χ2n) is 7.04. The van der Waals surface area contributed by atoms with Crippen LogP contribution in [0.1, 0.15) is 21.5 Å². The van der Waals surface area contributed by atoms with Crippen molar-refractivity contribution in [3.8, 4) is 22.4 Å². The zero-order valence-electron chi connectivity index (χ0n) is 15.9. The fourth-order valence-corrected chi connectivity index (χ4v) is 3.38. The van der Waals surface area contributed by atoms with Crippen LogP contribution in [-0.2, 0) is 6.18 Å². The summed E-state index contributed by atoms with van der Waals surface area (Å²) in [6.45, 7) is 2.01. The molecule has 0 spiro atoms. The Morgan fingerprint density at radius 1 is 0.867 bits per heavy atom. The minimum absolute atomic E-state index is 0.0440. The average molecular weight is 407 g/mol. The molecule has 0 atom stereocenters. The van der Waals surface area contributed by atoms with Crippen LogP contribution in [0, 0.1) is 6.92 Å². The van der Waals surface area contributed by atoms with Gasteiger partial charge in [0, 0.05) is 10.9 Å². The third kappa shape index (κ3) is 3.76. The van der Waals surface area contributed by atoms with Crippen molar-refractivity contribution in [1.82, 2.24) is 4.98 Å². The molecule has 3 nitrogen and oxygen atoms in total. The summed E-state index contributed by atoms with van der Waals surface area (Å²) in [4.78, 5) is 16.1. The standard InChI is InChI=1S/C24H16F3NO2/c1-14-3-2-4-17(11-14)15-5-7-16(8-6-15)22-13-20(23(29)30)19-12-18(24(25,26)27)9-10-21(19)28-22/h2-13H,1H3,(H,29,30). The maximum absolute atomic E-state index is 13.0. The van der Waals surface area contributed by atoms with Gasteiger partial charge in [-0.05, 0) is 42.3 Å². The predicted molar refractivity (Wildman–Crippen MR) is 109 cm³/mol. The molecule has 0 aliphatic rings. The molecule has 1 N–H and O–H groups in total. The van der Waals surface area contributed by atoms with Crippen LogP contribution in [0.4, 0.5) is 13.2 Å². The number of aryl methyl sites for hydroxylation is 1. The van der Waals surface area contributed by atoms with Crippen LogP contribution in [0.15, 0.2) is 72.8 Å². The highest BCUT2D eigenvalue weighted by Crippen LogP contribution is 2.33. The summed E-state index contributed by atoms with van der Waals surface area (Å²) in [5, 5.41) is 9.51. The lowest BCUT2D eigenvalue weighted by Crippen LogP contribution is -2.06. The minimum atomic E-state index is -4.56. The van der Waals surface area contributed by atoms with E-state index in [1.165, 1.54) is 12.1 Å². The van der Waals surface area contributed by atoms with Crippen LogP contribution >= 0.6 is 0 Å². The molecule has 6 heteroatoms. The quantitative estimate of drug-likeness (QED) is 0.417. The first-order valence-electron chi connectivity index (χ1n) is 9.15. The van der Waals surface area contributed by atoms with E-state index in [1.807, 2.05) is 49.4 Å². The minimum Gasteiger partial charge on any atom is -0.478 e. The van der Waals surface area contributed by atoms with Gasteiger partial charge in [-0.1, -0.05) is 54.1 Å². The molecule has 4 rings (SSSR count). The summed E-state index contributed by atoms with van der Waals surface area (Å²) >= 11 is 0. The highest BCUT2D eigenvalue weighted by molar-refractivity contribution is 6.04. The molecule has 4 aromatic rings. The number of hydrogen-bond donors (Lipinski definition) is 1. The van der Waals surface area contributed by atoms with E-state index in [0.29, 0.717) is 11.3 Å². The molecule has 150 valence electrons. The van der Waals surface area contributed by atoms with Gasteiger partial charge in [-0.3, -0.25) is 0 Å². The molecule has 1 heterocycles. The maximum Gasteiger partial charge on any atom is 0.416 e.